The molecule has 1 aromatic rings. The van der Waals surface area contributed by atoms with Gasteiger partial charge < -0.3 is 19.1 Å². The Labute approximate surface area is 123 Å². The fourth-order valence-electron chi connectivity index (χ4n) is 2.40. The number of hydrogen-bond acceptors (Lipinski definition) is 5. The maximum Gasteiger partial charge on any atom is 0.509 e. The molecule has 0 saturated carbocycles. The van der Waals surface area contributed by atoms with Crippen LogP contribution in [0.3, 0.4) is 0 Å². The van der Waals surface area contributed by atoms with Crippen molar-refractivity contribution in [3.8, 4) is 0 Å². The maximum atomic E-state index is 11.8. The number of rotatable bonds is 4. The van der Waals surface area contributed by atoms with E-state index in [4.69, 9.17) is 14.2 Å². The molecule has 1 aliphatic rings. The van der Waals surface area contributed by atoms with Gasteiger partial charge in [0.2, 0.25) is 0 Å². The molecule has 1 heterocycles. The lowest BCUT2D eigenvalue weighted by molar-refractivity contribution is 0.0850. The van der Waals surface area contributed by atoms with E-state index < -0.39 is 18.4 Å². The highest BCUT2D eigenvalue weighted by molar-refractivity contribution is 5.68. The Kier molecular flexibility index (Phi) is 4.67. The van der Waals surface area contributed by atoms with Crippen molar-refractivity contribution in [2.75, 3.05) is 14.2 Å². The number of hydrogen-bond donors (Lipinski definition) is 0. The molecule has 0 spiro atoms. The van der Waals surface area contributed by atoms with Crippen LogP contribution >= 0.6 is 0 Å². The largest absolute Gasteiger partial charge is 0.509 e. The van der Waals surface area contributed by atoms with Gasteiger partial charge in [-0.2, -0.15) is 0 Å². The van der Waals surface area contributed by atoms with Crippen LogP contribution in [0.15, 0.2) is 30.3 Å². The number of ether oxygens (including phenoxy) is 3. The van der Waals surface area contributed by atoms with E-state index in [1.807, 2.05) is 30.3 Å². The summed E-state index contributed by atoms with van der Waals surface area (Å²) in [5.74, 6) is 0. The molecule has 0 radical (unpaired) electrons. The van der Waals surface area contributed by atoms with Crippen molar-refractivity contribution in [2.45, 2.75) is 31.6 Å². The van der Waals surface area contributed by atoms with Gasteiger partial charge >= 0.3 is 12.2 Å². The van der Waals surface area contributed by atoms with E-state index >= 15 is 0 Å². The minimum absolute atomic E-state index is 0.263. The first-order chi connectivity index (χ1) is 10.0. The normalized spacial score (nSPS) is 22.1. The Morgan fingerprint density at radius 2 is 2.00 bits per heavy atom. The summed E-state index contributed by atoms with van der Waals surface area (Å²) in [6, 6.07) is 9.28. The molecule has 0 unspecified atom stereocenters. The van der Waals surface area contributed by atoms with Crippen LogP contribution in [0.2, 0.25) is 0 Å². The standard InChI is InChI=1S/C15H19NO5/c1-10-13(21-15(18)20-10)9-12(16(2)14(17)19-3)11-7-5-4-6-8-11/h4-8,10,12-13H,9H2,1-3H3/t10-,12-,13-/m1/s1. The third kappa shape index (κ3) is 3.45. The van der Waals surface area contributed by atoms with Crippen molar-refractivity contribution in [3.63, 3.8) is 0 Å². The monoisotopic (exact) mass is 293 g/mol. The number of benzene rings is 1. The van der Waals surface area contributed by atoms with Gasteiger partial charge in [0.15, 0.2) is 0 Å². The van der Waals surface area contributed by atoms with Crippen LogP contribution in [0.1, 0.15) is 24.9 Å². The average molecular weight is 293 g/mol. The molecule has 0 aliphatic carbocycles. The number of nitrogens with zero attached hydrogens (tertiary/aromatic N) is 1. The summed E-state index contributed by atoms with van der Waals surface area (Å²) < 4.78 is 14.9. The quantitative estimate of drug-likeness (QED) is 0.799. The SMILES string of the molecule is COC(=O)N(C)[C@H](C[C@H]1OC(=O)O[C@@H]1C)c1ccccc1. The third-order valence-corrected chi connectivity index (χ3v) is 3.62. The Bertz CT molecular complexity index is 504. The Morgan fingerprint density at radius 3 is 2.52 bits per heavy atom. The van der Waals surface area contributed by atoms with Gasteiger partial charge in [-0.3, -0.25) is 0 Å². The lowest BCUT2D eigenvalue weighted by Gasteiger charge is -2.29. The molecule has 2 rings (SSSR count). The van der Waals surface area contributed by atoms with Crippen LogP contribution in [0, 0.1) is 0 Å². The van der Waals surface area contributed by atoms with E-state index in [2.05, 4.69) is 0 Å². The number of amides is 1. The molecule has 1 saturated heterocycles. The van der Waals surface area contributed by atoms with E-state index in [9.17, 15) is 9.59 Å². The van der Waals surface area contributed by atoms with Crippen LogP contribution in [0.4, 0.5) is 9.59 Å². The van der Waals surface area contributed by atoms with Crippen LogP contribution in [-0.2, 0) is 14.2 Å². The molecular formula is C15H19NO5. The van der Waals surface area contributed by atoms with Gasteiger partial charge in [0.1, 0.15) is 12.2 Å². The second kappa shape index (κ2) is 6.47. The van der Waals surface area contributed by atoms with Crippen molar-refractivity contribution in [1.29, 1.82) is 0 Å². The highest BCUT2D eigenvalue weighted by Gasteiger charge is 2.37. The smallest absolute Gasteiger partial charge is 0.453 e. The van der Waals surface area contributed by atoms with Gasteiger partial charge in [0.05, 0.1) is 13.2 Å². The number of cyclic esters (lactones) is 2. The molecule has 6 nitrogen and oxygen atoms in total. The van der Waals surface area contributed by atoms with Crippen molar-refractivity contribution >= 4 is 12.2 Å². The van der Waals surface area contributed by atoms with Crippen LogP contribution in [-0.4, -0.2) is 43.5 Å². The zero-order chi connectivity index (χ0) is 15.4. The highest BCUT2D eigenvalue weighted by Crippen LogP contribution is 2.30. The van der Waals surface area contributed by atoms with Crippen LogP contribution in [0.5, 0.6) is 0 Å². The summed E-state index contributed by atoms with van der Waals surface area (Å²) >= 11 is 0. The van der Waals surface area contributed by atoms with Crippen molar-refractivity contribution in [2.24, 2.45) is 0 Å². The number of carbonyl (C=O) groups excluding carboxylic acids is 2. The molecule has 21 heavy (non-hydrogen) atoms. The first-order valence-electron chi connectivity index (χ1n) is 6.76. The highest BCUT2D eigenvalue weighted by atomic mass is 16.8. The van der Waals surface area contributed by atoms with E-state index in [1.165, 1.54) is 12.0 Å². The first kappa shape index (κ1) is 15.2. The third-order valence-electron chi connectivity index (χ3n) is 3.62. The molecule has 0 N–H and O–H groups in total. The molecule has 6 heteroatoms. The Hall–Kier alpha value is -2.24. The lowest BCUT2D eigenvalue weighted by atomic mass is 9.97. The summed E-state index contributed by atoms with van der Waals surface area (Å²) in [5, 5.41) is 0. The van der Waals surface area contributed by atoms with Crippen LogP contribution in [0.25, 0.3) is 0 Å². The molecule has 3 atom stereocenters. The average Bonchev–Trinajstić information content (AvgIpc) is 2.81. The fraction of sp³-hybridized carbons (Fsp3) is 0.467. The summed E-state index contributed by atoms with van der Waals surface area (Å²) in [4.78, 5) is 24.5. The molecule has 1 amide bonds. The Balaban J connectivity index is 2.20. The van der Waals surface area contributed by atoms with Gasteiger partial charge in [-0.05, 0) is 12.5 Å². The zero-order valence-electron chi connectivity index (χ0n) is 12.3. The fourth-order valence-corrected chi connectivity index (χ4v) is 2.40. The van der Waals surface area contributed by atoms with Gasteiger partial charge in [-0.25, -0.2) is 9.59 Å². The zero-order valence-corrected chi connectivity index (χ0v) is 12.3. The van der Waals surface area contributed by atoms with Crippen molar-refractivity contribution in [1.82, 2.24) is 4.90 Å². The van der Waals surface area contributed by atoms with E-state index in [0.717, 1.165) is 5.56 Å². The molecule has 114 valence electrons. The molecule has 0 bridgehead atoms. The van der Waals surface area contributed by atoms with E-state index in [1.54, 1.807) is 14.0 Å². The summed E-state index contributed by atoms with van der Waals surface area (Å²) in [6.45, 7) is 1.77. The molecular weight excluding hydrogens is 274 g/mol. The molecule has 0 aromatic heterocycles. The predicted molar refractivity (Wildman–Crippen MR) is 74.8 cm³/mol. The first-order valence-corrected chi connectivity index (χ1v) is 6.76. The van der Waals surface area contributed by atoms with Crippen molar-refractivity contribution in [3.05, 3.63) is 35.9 Å². The van der Waals surface area contributed by atoms with Gasteiger partial charge in [0.25, 0.3) is 0 Å². The summed E-state index contributed by atoms with van der Waals surface area (Å²) in [6.07, 6.45) is -1.39. The minimum atomic E-state index is -0.667. The van der Waals surface area contributed by atoms with Gasteiger partial charge in [0, 0.05) is 13.5 Å². The van der Waals surface area contributed by atoms with Crippen molar-refractivity contribution < 1.29 is 23.8 Å². The van der Waals surface area contributed by atoms with E-state index in [-0.39, 0.29) is 12.1 Å². The number of methoxy groups -OCH3 is 1. The Morgan fingerprint density at radius 1 is 1.33 bits per heavy atom. The van der Waals surface area contributed by atoms with Gasteiger partial charge in [-0.1, -0.05) is 30.3 Å². The van der Waals surface area contributed by atoms with Crippen LogP contribution < -0.4 is 0 Å². The predicted octanol–water partition coefficient (Wildman–Crippen LogP) is 2.74. The molecule has 1 aromatic carbocycles. The summed E-state index contributed by atoms with van der Waals surface area (Å²) in [5.41, 5.74) is 0.945. The minimum Gasteiger partial charge on any atom is -0.453 e. The lowest BCUT2D eigenvalue weighted by Crippen LogP contribution is -2.35. The second-order valence-electron chi connectivity index (χ2n) is 4.97. The number of carbonyl (C=O) groups is 2. The molecule has 1 aliphatic heterocycles. The van der Waals surface area contributed by atoms with E-state index in [0.29, 0.717) is 6.42 Å². The molecule has 1 fully saturated rings. The topological polar surface area (TPSA) is 65.1 Å². The van der Waals surface area contributed by atoms with Gasteiger partial charge in [-0.15, -0.1) is 0 Å². The second-order valence-corrected chi connectivity index (χ2v) is 4.97. The summed E-state index contributed by atoms with van der Waals surface area (Å²) in [7, 11) is 2.99. The maximum absolute atomic E-state index is 11.8.